The third-order valence-electron chi connectivity index (χ3n) is 4.06. The van der Waals surface area contributed by atoms with E-state index >= 15 is 0 Å². The van der Waals surface area contributed by atoms with Gasteiger partial charge in [-0.15, -0.1) is 0 Å². The molecule has 2 N–H and O–H groups in total. The molecule has 7 heteroatoms. The van der Waals surface area contributed by atoms with E-state index in [9.17, 15) is 0 Å². The van der Waals surface area contributed by atoms with E-state index in [0.29, 0.717) is 19.2 Å². The first-order valence-electron chi connectivity index (χ1n) is 9.66. The van der Waals surface area contributed by atoms with Gasteiger partial charge in [-0.2, -0.15) is 0 Å². The number of guanidine groups is 1. The average molecular weight is 384 g/mol. The summed E-state index contributed by atoms with van der Waals surface area (Å²) in [7, 11) is 0. The third-order valence-corrected chi connectivity index (χ3v) is 4.06. The molecular weight excluding hydrogens is 356 g/mol. The Kier molecular flexibility index (Phi) is 6.94. The molecule has 1 aliphatic rings. The van der Waals surface area contributed by atoms with Crippen LogP contribution in [0.4, 0.5) is 0 Å². The van der Waals surface area contributed by atoms with Crippen molar-refractivity contribution in [2.75, 3.05) is 19.9 Å². The molecule has 0 aliphatic carbocycles. The fraction of sp³-hybridized carbons (Fsp3) is 0.429. The summed E-state index contributed by atoms with van der Waals surface area (Å²) in [6.45, 7) is 8.44. The van der Waals surface area contributed by atoms with Crippen molar-refractivity contribution in [1.29, 1.82) is 0 Å². The van der Waals surface area contributed by atoms with Gasteiger partial charge in [-0.05, 0) is 50.5 Å². The first-order chi connectivity index (χ1) is 13.6. The molecule has 7 nitrogen and oxygen atoms in total. The predicted octanol–water partition coefficient (Wildman–Crippen LogP) is 2.90. The number of fused-ring (bicyclic) bond motifs is 1. The Morgan fingerprint density at radius 2 is 1.96 bits per heavy atom. The number of hydrogen-bond acceptors (Lipinski definition) is 5. The molecule has 0 spiro atoms. The Bertz CT molecular complexity index is 791. The lowest BCUT2D eigenvalue weighted by Crippen LogP contribution is -2.38. The van der Waals surface area contributed by atoms with E-state index < -0.39 is 0 Å². The summed E-state index contributed by atoms with van der Waals surface area (Å²) in [5.41, 5.74) is 2.22. The molecule has 0 bridgehead atoms. The van der Waals surface area contributed by atoms with E-state index in [-0.39, 0.29) is 6.10 Å². The second-order valence-corrected chi connectivity index (χ2v) is 6.73. The van der Waals surface area contributed by atoms with E-state index in [0.717, 1.165) is 42.5 Å². The van der Waals surface area contributed by atoms with Gasteiger partial charge in [0.05, 0.1) is 12.6 Å². The fourth-order valence-corrected chi connectivity index (χ4v) is 2.75. The molecular formula is C21H28N4O3. The molecule has 28 heavy (non-hydrogen) atoms. The Morgan fingerprint density at radius 1 is 1.14 bits per heavy atom. The zero-order valence-corrected chi connectivity index (χ0v) is 16.7. The van der Waals surface area contributed by atoms with Crippen LogP contribution in [0, 0.1) is 0 Å². The number of nitrogens with zero attached hydrogens (tertiary/aromatic N) is 2. The molecule has 0 atom stereocenters. The molecule has 1 aromatic carbocycles. The van der Waals surface area contributed by atoms with Gasteiger partial charge in [-0.1, -0.05) is 12.1 Å². The van der Waals surface area contributed by atoms with Crippen LogP contribution in [0.3, 0.4) is 0 Å². The number of hydrogen-bond donors (Lipinski definition) is 2. The van der Waals surface area contributed by atoms with Gasteiger partial charge in [0.25, 0.3) is 0 Å². The number of aliphatic imine (C=N–C) groups is 1. The average Bonchev–Trinajstić information content (AvgIpc) is 3.14. The van der Waals surface area contributed by atoms with Gasteiger partial charge in [-0.3, -0.25) is 0 Å². The lowest BCUT2D eigenvalue weighted by Gasteiger charge is -2.12. The van der Waals surface area contributed by atoms with Gasteiger partial charge in [0, 0.05) is 25.4 Å². The monoisotopic (exact) mass is 384 g/mol. The second kappa shape index (κ2) is 9.82. The van der Waals surface area contributed by atoms with Gasteiger partial charge in [0.15, 0.2) is 17.5 Å². The normalized spacial score (nSPS) is 12.9. The van der Waals surface area contributed by atoms with Gasteiger partial charge in [0.1, 0.15) is 0 Å². The van der Waals surface area contributed by atoms with E-state index in [4.69, 9.17) is 14.2 Å². The summed E-state index contributed by atoms with van der Waals surface area (Å²) in [6.07, 6.45) is 2.78. The van der Waals surface area contributed by atoms with Crippen molar-refractivity contribution in [1.82, 2.24) is 15.6 Å². The van der Waals surface area contributed by atoms with Gasteiger partial charge in [0.2, 0.25) is 12.7 Å². The first-order valence-corrected chi connectivity index (χ1v) is 9.66. The van der Waals surface area contributed by atoms with Crippen molar-refractivity contribution < 1.29 is 14.2 Å². The highest BCUT2D eigenvalue weighted by atomic mass is 16.7. The Balaban J connectivity index is 1.51. The van der Waals surface area contributed by atoms with Crippen LogP contribution < -0.4 is 24.8 Å². The van der Waals surface area contributed by atoms with Crippen molar-refractivity contribution in [3.8, 4) is 17.4 Å². The molecule has 0 amide bonds. The summed E-state index contributed by atoms with van der Waals surface area (Å²) < 4.78 is 16.3. The number of nitrogens with one attached hydrogen (secondary N) is 2. The maximum Gasteiger partial charge on any atom is 0.231 e. The van der Waals surface area contributed by atoms with Crippen LogP contribution in [0.25, 0.3) is 0 Å². The van der Waals surface area contributed by atoms with Crippen molar-refractivity contribution in [3.05, 3.63) is 47.7 Å². The molecule has 0 fully saturated rings. The van der Waals surface area contributed by atoms with E-state index in [1.165, 1.54) is 5.56 Å². The summed E-state index contributed by atoms with van der Waals surface area (Å²) in [6, 6.07) is 9.91. The lowest BCUT2D eigenvalue weighted by molar-refractivity contribution is 0.174. The van der Waals surface area contributed by atoms with Crippen molar-refractivity contribution in [3.63, 3.8) is 0 Å². The Hall–Kier alpha value is -2.96. The molecule has 2 heterocycles. The topological polar surface area (TPSA) is 77.0 Å². The van der Waals surface area contributed by atoms with Crippen LogP contribution in [-0.2, 0) is 13.0 Å². The summed E-state index contributed by atoms with van der Waals surface area (Å²) in [4.78, 5) is 8.95. The minimum Gasteiger partial charge on any atom is -0.475 e. The van der Waals surface area contributed by atoms with Crippen molar-refractivity contribution in [2.24, 2.45) is 4.99 Å². The highest BCUT2D eigenvalue weighted by molar-refractivity contribution is 5.79. The van der Waals surface area contributed by atoms with Gasteiger partial charge in [-0.25, -0.2) is 9.98 Å². The minimum absolute atomic E-state index is 0.116. The zero-order chi connectivity index (χ0) is 19.8. The Labute approximate surface area is 166 Å². The van der Waals surface area contributed by atoms with Gasteiger partial charge >= 0.3 is 0 Å². The Morgan fingerprint density at radius 3 is 2.71 bits per heavy atom. The van der Waals surface area contributed by atoms with Crippen LogP contribution in [0.15, 0.2) is 41.5 Å². The summed E-state index contributed by atoms with van der Waals surface area (Å²) in [5, 5.41) is 6.63. The summed E-state index contributed by atoms with van der Waals surface area (Å²) in [5.74, 6) is 3.04. The standard InChI is InChI=1S/C21H28N4O3/c1-4-22-21(25-13-17-6-8-20(24-12-17)28-15(2)3)23-10-9-16-5-7-18-19(11-16)27-14-26-18/h5-8,11-12,15H,4,9-10,13-14H2,1-3H3,(H2,22,23,25). The second-order valence-electron chi connectivity index (χ2n) is 6.73. The number of benzene rings is 1. The maximum absolute atomic E-state index is 5.57. The molecule has 0 unspecified atom stereocenters. The lowest BCUT2D eigenvalue weighted by atomic mass is 10.1. The molecule has 0 saturated carbocycles. The van der Waals surface area contributed by atoms with Crippen LogP contribution in [0.1, 0.15) is 31.9 Å². The minimum atomic E-state index is 0.116. The van der Waals surface area contributed by atoms with Crippen molar-refractivity contribution >= 4 is 5.96 Å². The number of rotatable bonds is 8. The predicted molar refractivity (Wildman–Crippen MR) is 109 cm³/mol. The van der Waals surface area contributed by atoms with Crippen LogP contribution in [0.2, 0.25) is 0 Å². The smallest absolute Gasteiger partial charge is 0.231 e. The van der Waals surface area contributed by atoms with Crippen LogP contribution in [-0.4, -0.2) is 36.9 Å². The SMILES string of the molecule is CCNC(=NCc1ccc(OC(C)C)nc1)NCCc1ccc2c(c1)OCO2. The van der Waals surface area contributed by atoms with Crippen LogP contribution >= 0.6 is 0 Å². The number of ether oxygens (including phenoxy) is 3. The molecule has 1 aliphatic heterocycles. The van der Waals surface area contributed by atoms with E-state index in [1.54, 1.807) is 6.20 Å². The van der Waals surface area contributed by atoms with Crippen molar-refractivity contribution in [2.45, 2.75) is 39.8 Å². The molecule has 3 rings (SSSR count). The quantitative estimate of drug-likeness (QED) is 0.538. The zero-order valence-electron chi connectivity index (χ0n) is 16.7. The van der Waals surface area contributed by atoms with E-state index in [1.807, 2.05) is 38.1 Å². The number of aromatic nitrogens is 1. The third kappa shape index (κ3) is 5.77. The van der Waals surface area contributed by atoms with Gasteiger partial charge < -0.3 is 24.8 Å². The fourth-order valence-electron chi connectivity index (χ4n) is 2.75. The highest BCUT2D eigenvalue weighted by Gasteiger charge is 2.12. The van der Waals surface area contributed by atoms with Crippen LogP contribution in [0.5, 0.6) is 17.4 Å². The largest absolute Gasteiger partial charge is 0.475 e. The maximum atomic E-state index is 5.57. The first kappa shape index (κ1) is 19.8. The number of pyridine rings is 1. The summed E-state index contributed by atoms with van der Waals surface area (Å²) >= 11 is 0. The molecule has 2 aromatic rings. The molecule has 150 valence electrons. The highest BCUT2D eigenvalue weighted by Crippen LogP contribution is 2.32. The molecule has 0 saturated heterocycles. The van der Waals surface area contributed by atoms with E-state index in [2.05, 4.69) is 33.6 Å². The molecule has 1 aromatic heterocycles. The molecule has 0 radical (unpaired) electrons.